The van der Waals surface area contributed by atoms with Gasteiger partial charge in [0, 0.05) is 23.5 Å². The van der Waals surface area contributed by atoms with E-state index in [2.05, 4.69) is 15.7 Å². The lowest BCUT2D eigenvalue weighted by molar-refractivity contribution is -0.144. The number of carboxylic acids is 1. The summed E-state index contributed by atoms with van der Waals surface area (Å²) in [6, 6.07) is 0. The largest absolute Gasteiger partial charge is 0.481 e. The van der Waals surface area contributed by atoms with Gasteiger partial charge in [-0.2, -0.15) is 0 Å². The highest BCUT2D eigenvalue weighted by atomic mass is 32.1. The molecule has 6 heteroatoms. The lowest BCUT2D eigenvalue weighted by Gasteiger charge is -2.25. The van der Waals surface area contributed by atoms with Gasteiger partial charge in [0.25, 0.3) is 0 Å². The molecule has 1 aliphatic rings. The Morgan fingerprint density at radius 1 is 1.36 bits per heavy atom. The Hall–Kier alpha value is -1.43. The molecule has 1 saturated carbocycles. The van der Waals surface area contributed by atoms with Gasteiger partial charge in [0.05, 0.1) is 10.9 Å². The van der Waals surface area contributed by atoms with Crippen molar-refractivity contribution in [2.45, 2.75) is 51.9 Å². The average Bonchev–Trinajstić information content (AvgIpc) is 2.92. The van der Waals surface area contributed by atoms with Crippen LogP contribution in [0.3, 0.4) is 0 Å². The number of amides is 1. The van der Waals surface area contributed by atoms with Crippen LogP contribution in [0.25, 0.3) is 0 Å². The highest BCUT2D eigenvalue weighted by Crippen LogP contribution is 2.29. The Bertz CT molecular complexity index is 515. The molecule has 122 valence electrons. The summed E-state index contributed by atoms with van der Waals surface area (Å²) in [5, 5.41) is 15.2. The number of carbonyl (C=O) groups excluding carboxylic acids is 1. The van der Waals surface area contributed by atoms with Gasteiger partial charge in [-0.05, 0) is 45.4 Å². The van der Waals surface area contributed by atoms with E-state index >= 15 is 0 Å². The Kier molecular flexibility index (Phi) is 6.36. The van der Waals surface area contributed by atoms with Gasteiger partial charge in [-0.1, -0.05) is 6.42 Å². The molecule has 1 fully saturated rings. The van der Waals surface area contributed by atoms with Crippen molar-refractivity contribution in [2.75, 3.05) is 6.54 Å². The number of aromatic nitrogens is 1. The van der Waals surface area contributed by atoms with E-state index in [1.54, 1.807) is 11.3 Å². The van der Waals surface area contributed by atoms with Crippen LogP contribution in [-0.2, 0) is 16.0 Å². The number of rotatable bonds is 7. The molecule has 2 rings (SSSR count). The maximum atomic E-state index is 12.1. The van der Waals surface area contributed by atoms with E-state index in [9.17, 15) is 9.59 Å². The number of thiazole rings is 1. The van der Waals surface area contributed by atoms with E-state index in [0.717, 1.165) is 42.8 Å². The number of aliphatic carboxylic acids is 1. The van der Waals surface area contributed by atoms with Crippen LogP contribution in [0.4, 0.5) is 0 Å². The number of nitrogens with one attached hydrogen (secondary N) is 1. The zero-order chi connectivity index (χ0) is 15.9. The molecule has 0 saturated heterocycles. The normalized spacial score (nSPS) is 21.5. The van der Waals surface area contributed by atoms with Gasteiger partial charge in [0.15, 0.2) is 0 Å². The molecule has 0 spiro atoms. The van der Waals surface area contributed by atoms with E-state index < -0.39 is 5.97 Å². The summed E-state index contributed by atoms with van der Waals surface area (Å²) in [5.74, 6) is -1.22. The first kappa shape index (κ1) is 16.9. The third-order valence-electron chi connectivity index (χ3n) is 4.18. The van der Waals surface area contributed by atoms with E-state index in [1.807, 2.05) is 6.92 Å². The Balaban J connectivity index is 1.62. The summed E-state index contributed by atoms with van der Waals surface area (Å²) in [4.78, 5) is 27.5. The molecule has 2 unspecified atom stereocenters. The molecule has 0 aliphatic heterocycles. The number of hydrogen-bond donors (Lipinski definition) is 2. The number of carbonyl (C=O) groups is 2. The third-order valence-corrected chi connectivity index (χ3v) is 5.20. The van der Waals surface area contributed by atoms with Gasteiger partial charge < -0.3 is 10.4 Å². The highest BCUT2D eigenvalue weighted by molar-refractivity contribution is 7.09. The standard InChI is InChI=1S/C16H24N2O3S/c1-11-10-22-14(18-11)7-2-3-8-17-15(19)12-5-4-6-13(9-12)16(20)21/h10,12-13H,2-9H2,1H3,(H,17,19)(H,20,21). The molecule has 2 N–H and O–H groups in total. The van der Waals surface area contributed by atoms with Crippen molar-refractivity contribution in [1.29, 1.82) is 0 Å². The second-order valence-corrected chi connectivity index (χ2v) is 6.97. The van der Waals surface area contributed by atoms with Crippen molar-refractivity contribution in [3.8, 4) is 0 Å². The Morgan fingerprint density at radius 3 is 2.82 bits per heavy atom. The van der Waals surface area contributed by atoms with Crippen molar-refractivity contribution >= 4 is 23.2 Å². The minimum atomic E-state index is -0.767. The molecule has 0 aromatic carbocycles. The minimum absolute atomic E-state index is 0.0241. The lowest BCUT2D eigenvalue weighted by atomic mass is 9.81. The maximum Gasteiger partial charge on any atom is 0.306 e. The number of unbranched alkanes of at least 4 members (excludes halogenated alkanes) is 1. The first-order valence-corrected chi connectivity index (χ1v) is 8.85. The van der Waals surface area contributed by atoms with E-state index in [0.29, 0.717) is 19.4 Å². The Morgan fingerprint density at radius 2 is 2.14 bits per heavy atom. The molecule has 22 heavy (non-hydrogen) atoms. The molecule has 1 aliphatic carbocycles. The maximum absolute atomic E-state index is 12.1. The average molecular weight is 324 g/mol. The van der Waals surface area contributed by atoms with Gasteiger partial charge in [0.1, 0.15) is 0 Å². The topological polar surface area (TPSA) is 79.3 Å². The molecular weight excluding hydrogens is 300 g/mol. The Labute approximate surface area is 135 Å². The van der Waals surface area contributed by atoms with Crippen molar-refractivity contribution in [3.05, 3.63) is 16.1 Å². The first-order valence-electron chi connectivity index (χ1n) is 7.98. The van der Waals surface area contributed by atoms with E-state index in [4.69, 9.17) is 5.11 Å². The van der Waals surface area contributed by atoms with E-state index in [-0.39, 0.29) is 17.7 Å². The van der Waals surface area contributed by atoms with Crippen LogP contribution >= 0.6 is 11.3 Å². The zero-order valence-corrected chi connectivity index (χ0v) is 13.8. The molecule has 5 nitrogen and oxygen atoms in total. The molecule has 0 radical (unpaired) electrons. The fourth-order valence-corrected chi connectivity index (χ4v) is 3.75. The van der Waals surface area contributed by atoms with Crippen LogP contribution in [-0.4, -0.2) is 28.5 Å². The van der Waals surface area contributed by atoms with Crippen LogP contribution in [0.2, 0.25) is 0 Å². The van der Waals surface area contributed by atoms with Crippen LogP contribution in [0.5, 0.6) is 0 Å². The van der Waals surface area contributed by atoms with E-state index in [1.165, 1.54) is 0 Å². The van der Waals surface area contributed by atoms with Crippen molar-refractivity contribution in [1.82, 2.24) is 10.3 Å². The summed E-state index contributed by atoms with van der Waals surface area (Å²) in [6.45, 7) is 2.66. The molecule has 0 bridgehead atoms. The van der Waals surface area contributed by atoms with Gasteiger partial charge in [-0.3, -0.25) is 9.59 Å². The summed E-state index contributed by atoms with van der Waals surface area (Å²) in [7, 11) is 0. The monoisotopic (exact) mass is 324 g/mol. The van der Waals surface area contributed by atoms with Gasteiger partial charge in [-0.15, -0.1) is 11.3 Å². The second-order valence-electron chi connectivity index (χ2n) is 6.03. The number of aryl methyl sites for hydroxylation is 2. The lowest BCUT2D eigenvalue weighted by Crippen LogP contribution is -2.35. The minimum Gasteiger partial charge on any atom is -0.481 e. The molecule has 1 heterocycles. The fraction of sp³-hybridized carbons (Fsp3) is 0.688. The molecule has 2 atom stereocenters. The number of hydrogen-bond acceptors (Lipinski definition) is 4. The van der Waals surface area contributed by atoms with Crippen molar-refractivity contribution in [3.63, 3.8) is 0 Å². The van der Waals surface area contributed by atoms with Crippen LogP contribution < -0.4 is 5.32 Å². The second kappa shape index (κ2) is 8.27. The van der Waals surface area contributed by atoms with Crippen LogP contribution in [0.15, 0.2) is 5.38 Å². The number of nitrogens with zero attached hydrogens (tertiary/aromatic N) is 1. The van der Waals surface area contributed by atoms with Crippen molar-refractivity contribution in [2.24, 2.45) is 11.8 Å². The van der Waals surface area contributed by atoms with Gasteiger partial charge in [0.2, 0.25) is 5.91 Å². The van der Waals surface area contributed by atoms with Crippen LogP contribution in [0, 0.1) is 18.8 Å². The molecule has 1 aromatic rings. The first-order chi connectivity index (χ1) is 10.6. The van der Waals surface area contributed by atoms with Gasteiger partial charge in [-0.25, -0.2) is 4.98 Å². The smallest absolute Gasteiger partial charge is 0.306 e. The fourth-order valence-electron chi connectivity index (χ4n) is 2.93. The summed E-state index contributed by atoms with van der Waals surface area (Å²) in [5.41, 5.74) is 1.07. The summed E-state index contributed by atoms with van der Waals surface area (Å²) in [6.07, 6.45) is 5.73. The predicted octanol–water partition coefficient (Wildman–Crippen LogP) is 2.78. The summed E-state index contributed by atoms with van der Waals surface area (Å²) < 4.78 is 0. The number of carboxylic acid groups (broad SMARTS) is 1. The third kappa shape index (κ3) is 5.09. The van der Waals surface area contributed by atoms with Crippen molar-refractivity contribution < 1.29 is 14.7 Å². The quantitative estimate of drug-likeness (QED) is 0.756. The highest BCUT2D eigenvalue weighted by Gasteiger charge is 2.30. The summed E-state index contributed by atoms with van der Waals surface area (Å²) >= 11 is 1.69. The SMILES string of the molecule is Cc1csc(CCCCNC(=O)C2CCCC(C(=O)O)C2)n1. The molecule has 1 aromatic heterocycles. The van der Waals surface area contributed by atoms with Crippen LogP contribution in [0.1, 0.15) is 49.2 Å². The predicted molar refractivity (Wildman–Crippen MR) is 85.9 cm³/mol. The van der Waals surface area contributed by atoms with Gasteiger partial charge >= 0.3 is 5.97 Å². The zero-order valence-electron chi connectivity index (χ0n) is 13.0. The molecular formula is C16H24N2O3S. The molecule has 1 amide bonds.